The van der Waals surface area contributed by atoms with E-state index in [0.717, 1.165) is 4.52 Å². The molecular formula is C9H8F3N3O. The van der Waals surface area contributed by atoms with Crippen molar-refractivity contribution in [3.8, 4) is 0 Å². The van der Waals surface area contributed by atoms with Gasteiger partial charge in [0.05, 0.1) is 0 Å². The van der Waals surface area contributed by atoms with Crippen LogP contribution in [0.3, 0.4) is 0 Å². The van der Waals surface area contributed by atoms with Crippen LogP contribution < -0.4 is 5.56 Å². The minimum atomic E-state index is -4.60. The number of nitrogens with one attached hydrogen (secondary N) is 1. The van der Waals surface area contributed by atoms with Gasteiger partial charge in [-0.3, -0.25) is 9.89 Å². The summed E-state index contributed by atoms with van der Waals surface area (Å²) in [4.78, 5) is 14.7. The van der Waals surface area contributed by atoms with Crippen LogP contribution >= 0.6 is 0 Å². The molecule has 0 atom stereocenters. The molecule has 0 aromatic carbocycles. The third kappa shape index (κ3) is 1.68. The molecule has 0 radical (unpaired) electrons. The minimum Gasteiger partial charge on any atom is -0.294 e. The molecule has 2 aromatic heterocycles. The third-order valence-corrected chi connectivity index (χ3v) is 2.17. The average Bonchev–Trinajstić information content (AvgIpc) is 2.59. The number of nitrogens with zero attached hydrogens (tertiary/aromatic N) is 2. The maximum Gasteiger partial charge on any atom is 0.433 e. The summed E-state index contributed by atoms with van der Waals surface area (Å²) in [6.07, 6.45) is -4.01. The van der Waals surface area contributed by atoms with Gasteiger partial charge in [-0.05, 0) is 6.42 Å². The minimum absolute atomic E-state index is 0.0170. The molecule has 0 unspecified atom stereocenters. The van der Waals surface area contributed by atoms with Crippen molar-refractivity contribution in [2.24, 2.45) is 0 Å². The van der Waals surface area contributed by atoms with Gasteiger partial charge >= 0.3 is 6.18 Å². The van der Waals surface area contributed by atoms with E-state index in [-0.39, 0.29) is 5.65 Å². The molecule has 7 heteroatoms. The Hall–Kier alpha value is -1.79. The third-order valence-electron chi connectivity index (χ3n) is 2.17. The number of fused-ring (bicyclic) bond motifs is 1. The van der Waals surface area contributed by atoms with Gasteiger partial charge in [0.25, 0.3) is 5.56 Å². The van der Waals surface area contributed by atoms with Gasteiger partial charge in [0.2, 0.25) is 0 Å². The molecule has 0 bridgehead atoms. The summed E-state index contributed by atoms with van der Waals surface area (Å²) in [5.41, 5.74) is -1.29. The summed E-state index contributed by atoms with van der Waals surface area (Å²) in [5, 5.41) is 2.67. The second-order valence-corrected chi connectivity index (χ2v) is 3.31. The molecule has 0 aliphatic heterocycles. The van der Waals surface area contributed by atoms with Gasteiger partial charge in [0, 0.05) is 17.8 Å². The fourth-order valence-electron chi connectivity index (χ4n) is 1.37. The van der Waals surface area contributed by atoms with Crippen molar-refractivity contribution < 1.29 is 13.2 Å². The Kier molecular flexibility index (Phi) is 2.25. The molecule has 86 valence electrons. The lowest BCUT2D eigenvalue weighted by Crippen LogP contribution is -2.19. The topological polar surface area (TPSA) is 50.2 Å². The summed E-state index contributed by atoms with van der Waals surface area (Å²) >= 11 is 0. The molecule has 1 N–H and O–H groups in total. The Morgan fingerprint density at radius 2 is 2.12 bits per heavy atom. The standard InChI is InChI=1S/C9H8F3N3O/c1-2-5-3-7-13-6(9(10,11)12)4-8(16)15(7)14-5/h3-4,14H,2H2,1H3. The van der Waals surface area contributed by atoms with E-state index in [9.17, 15) is 18.0 Å². The fourth-order valence-corrected chi connectivity index (χ4v) is 1.37. The Morgan fingerprint density at radius 1 is 1.44 bits per heavy atom. The molecule has 2 rings (SSSR count). The number of hydrogen-bond acceptors (Lipinski definition) is 2. The zero-order valence-electron chi connectivity index (χ0n) is 8.30. The average molecular weight is 231 g/mol. The lowest BCUT2D eigenvalue weighted by Gasteiger charge is -2.04. The first-order valence-corrected chi connectivity index (χ1v) is 4.60. The Morgan fingerprint density at radius 3 is 2.69 bits per heavy atom. The highest BCUT2D eigenvalue weighted by Crippen LogP contribution is 2.26. The number of rotatable bonds is 1. The van der Waals surface area contributed by atoms with Crippen molar-refractivity contribution in [2.75, 3.05) is 0 Å². The van der Waals surface area contributed by atoms with Crippen LogP contribution in [0.5, 0.6) is 0 Å². The van der Waals surface area contributed by atoms with Gasteiger partial charge in [-0.25, -0.2) is 9.50 Å². The molecule has 0 saturated carbocycles. The van der Waals surface area contributed by atoms with Crippen molar-refractivity contribution in [1.82, 2.24) is 14.6 Å². The fraction of sp³-hybridized carbons (Fsp3) is 0.333. The summed E-state index contributed by atoms with van der Waals surface area (Å²) in [5.74, 6) is 0. The monoisotopic (exact) mass is 231 g/mol. The Labute approximate surface area is 87.7 Å². The summed E-state index contributed by atoms with van der Waals surface area (Å²) in [7, 11) is 0. The summed E-state index contributed by atoms with van der Waals surface area (Å²) in [6, 6.07) is 1.90. The smallest absolute Gasteiger partial charge is 0.294 e. The van der Waals surface area contributed by atoms with Gasteiger partial charge in [-0.2, -0.15) is 13.2 Å². The SMILES string of the molecule is CCc1cc2nc(C(F)(F)F)cc(=O)n2[nH]1. The molecule has 16 heavy (non-hydrogen) atoms. The number of alkyl halides is 3. The number of aromatic amines is 1. The molecule has 2 heterocycles. The molecule has 4 nitrogen and oxygen atoms in total. The van der Waals surface area contributed by atoms with Crippen molar-refractivity contribution in [2.45, 2.75) is 19.5 Å². The zero-order valence-corrected chi connectivity index (χ0v) is 8.30. The Bertz CT molecular complexity index is 582. The Balaban J connectivity index is 2.72. The van der Waals surface area contributed by atoms with Gasteiger partial charge < -0.3 is 0 Å². The van der Waals surface area contributed by atoms with Crippen molar-refractivity contribution in [3.63, 3.8) is 0 Å². The summed E-state index contributed by atoms with van der Waals surface area (Å²) in [6.45, 7) is 1.82. The van der Waals surface area contributed by atoms with Gasteiger partial charge in [-0.1, -0.05) is 6.92 Å². The van der Waals surface area contributed by atoms with Crippen LogP contribution in [0.1, 0.15) is 18.3 Å². The molecule has 0 fully saturated rings. The quantitative estimate of drug-likeness (QED) is 0.810. The highest BCUT2D eigenvalue weighted by molar-refractivity contribution is 5.40. The maximum atomic E-state index is 12.4. The first kappa shape index (κ1) is 10.7. The van der Waals surface area contributed by atoms with Gasteiger partial charge in [0.1, 0.15) is 0 Å². The van der Waals surface area contributed by atoms with E-state index in [1.807, 2.05) is 6.92 Å². The number of H-pyrrole nitrogens is 1. The van der Waals surface area contributed by atoms with E-state index < -0.39 is 17.4 Å². The zero-order chi connectivity index (χ0) is 11.9. The van der Waals surface area contributed by atoms with E-state index in [1.54, 1.807) is 0 Å². The van der Waals surface area contributed by atoms with E-state index >= 15 is 0 Å². The van der Waals surface area contributed by atoms with Crippen LogP contribution in [0.25, 0.3) is 5.65 Å². The predicted molar refractivity (Wildman–Crippen MR) is 50.2 cm³/mol. The highest BCUT2D eigenvalue weighted by atomic mass is 19.4. The van der Waals surface area contributed by atoms with Crippen LogP contribution in [-0.4, -0.2) is 14.6 Å². The van der Waals surface area contributed by atoms with E-state index in [0.29, 0.717) is 18.2 Å². The normalized spacial score (nSPS) is 12.2. The van der Waals surface area contributed by atoms with Crippen LogP contribution in [0.4, 0.5) is 13.2 Å². The summed E-state index contributed by atoms with van der Waals surface area (Å²) < 4.78 is 38.1. The number of aromatic nitrogens is 3. The molecule has 0 aliphatic carbocycles. The molecule has 0 spiro atoms. The van der Waals surface area contributed by atoms with Crippen LogP contribution in [0.15, 0.2) is 16.9 Å². The highest BCUT2D eigenvalue weighted by Gasteiger charge is 2.33. The van der Waals surface area contributed by atoms with Crippen molar-refractivity contribution in [3.05, 3.63) is 33.9 Å². The number of aryl methyl sites for hydroxylation is 1. The van der Waals surface area contributed by atoms with Crippen LogP contribution in [-0.2, 0) is 12.6 Å². The first-order valence-electron chi connectivity index (χ1n) is 4.60. The predicted octanol–water partition coefficient (Wildman–Crippen LogP) is 1.60. The molecular weight excluding hydrogens is 223 g/mol. The molecule has 0 saturated heterocycles. The largest absolute Gasteiger partial charge is 0.433 e. The van der Waals surface area contributed by atoms with E-state index in [4.69, 9.17) is 0 Å². The second-order valence-electron chi connectivity index (χ2n) is 3.31. The van der Waals surface area contributed by atoms with Gasteiger partial charge in [0.15, 0.2) is 11.3 Å². The number of halogens is 3. The van der Waals surface area contributed by atoms with Gasteiger partial charge in [-0.15, -0.1) is 0 Å². The molecule has 0 aliphatic rings. The second kappa shape index (κ2) is 3.36. The van der Waals surface area contributed by atoms with E-state index in [1.165, 1.54) is 6.07 Å². The maximum absolute atomic E-state index is 12.4. The lowest BCUT2D eigenvalue weighted by atomic mass is 10.3. The van der Waals surface area contributed by atoms with Crippen molar-refractivity contribution >= 4 is 5.65 Å². The van der Waals surface area contributed by atoms with Crippen LogP contribution in [0.2, 0.25) is 0 Å². The first-order chi connectivity index (χ1) is 7.41. The molecule has 2 aromatic rings. The van der Waals surface area contributed by atoms with Crippen molar-refractivity contribution in [1.29, 1.82) is 0 Å². The van der Waals surface area contributed by atoms with Crippen LogP contribution in [0, 0.1) is 0 Å². The number of hydrogen-bond donors (Lipinski definition) is 1. The lowest BCUT2D eigenvalue weighted by molar-refractivity contribution is -0.141. The van der Waals surface area contributed by atoms with E-state index in [2.05, 4.69) is 10.1 Å². The molecule has 0 amide bonds.